The summed E-state index contributed by atoms with van der Waals surface area (Å²) in [5.74, 6) is -2.21. The summed E-state index contributed by atoms with van der Waals surface area (Å²) in [6.07, 6.45) is 3.31. The smallest absolute Gasteiger partial charge is 0.308 e. The predicted molar refractivity (Wildman–Crippen MR) is 147 cm³/mol. The van der Waals surface area contributed by atoms with Crippen molar-refractivity contribution in [2.45, 2.75) is 29.7 Å². The molecule has 1 saturated heterocycles. The number of pyridine rings is 1. The number of para-hydroxylation sites is 1. The van der Waals surface area contributed by atoms with E-state index >= 15 is 0 Å². The van der Waals surface area contributed by atoms with Gasteiger partial charge in [0, 0.05) is 28.9 Å². The molecule has 4 heterocycles. The molecule has 3 amide bonds. The number of hydrogen-bond acceptors (Lipinski definition) is 7. The van der Waals surface area contributed by atoms with Crippen LogP contribution in [0.2, 0.25) is 0 Å². The second-order valence-electron chi connectivity index (χ2n) is 9.22. The van der Waals surface area contributed by atoms with E-state index in [9.17, 15) is 19.2 Å². The second kappa shape index (κ2) is 9.70. The van der Waals surface area contributed by atoms with Crippen molar-refractivity contribution in [2.24, 2.45) is 5.92 Å². The lowest BCUT2D eigenvalue weighted by molar-refractivity contribution is -0.122. The average Bonchev–Trinajstić information content (AvgIpc) is 3.35. The van der Waals surface area contributed by atoms with Gasteiger partial charge in [0.1, 0.15) is 11.8 Å². The topological polar surface area (TPSA) is 101 Å². The van der Waals surface area contributed by atoms with Crippen molar-refractivity contribution in [3.8, 4) is 0 Å². The molecule has 8 nitrogen and oxygen atoms in total. The Kier molecular flexibility index (Phi) is 6.21. The maximum absolute atomic E-state index is 13.8. The van der Waals surface area contributed by atoms with E-state index in [1.807, 2.05) is 37.3 Å². The Bertz CT molecular complexity index is 1620. The SMILES string of the molecule is Cc1cccc(NC(=O)Cn2c3c(sc2=O)[C@@H](c2cccnc2)[C@@H]2C(=O)N(c4ccccc4)C(=O)[C@@H]2S3)c1. The van der Waals surface area contributed by atoms with Gasteiger partial charge in [0.2, 0.25) is 17.7 Å². The van der Waals surface area contributed by atoms with Gasteiger partial charge in [-0.25, -0.2) is 4.90 Å². The summed E-state index contributed by atoms with van der Waals surface area (Å²) < 4.78 is 1.41. The van der Waals surface area contributed by atoms with E-state index in [4.69, 9.17) is 0 Å². The van der Waals surface area contributed by atoms with Gasteiger partial charge in [0.15, 0.2) is 0 Å². The van der Waals surface area contributed by atoms with Gasteiger partial charge in [0.25, 0.3) is 0 Å². The average molecular weight is 543 g/mol. The van der Waals surface area contributed by atoms with Crippen LogP contribution >= 0.6 is 23.1 Å². The molecule has 0 aliphatic carbocycles. The Morgan fingerprint density at radius 2 is 1.82 bits per heavy atom. The number of benzene rings is 2. The lowest BCUT2D eigenvalue weighted by atomic mass is 9.84. The molecule has 2 aliphatic rings. The van der Waals surface area contributed by atoms with Crippen molar-refractivity contribution >= 4 is 52.2 Å². The van der Waals surface area contributed by atoms with Crippen molar-refractivity contribution < 1.29 is 14.4 Å². The maximum Gasteiger partial charge on any atom is 0.308 e. The molecule has 0 saturated carbocycles. The summed E-state index contributed by atoms with van der Waals surface area (Å²) >= 11 is 2.21. The molecule has 2 aromatic heterocycles. The minimum absolute atomic E-state index is 0.201. The van der Waals surface area contributed by atoms with Crippen molar-refractivity contribution in [3.05, 3.63) is 105 Å². The van der Waals surface area contributed by atoms with Crippen LogP contribution in [-0.4, -0.2) is 32.5 Å². The van der Waals surface area contributed by atoms with Crippen LogP contribution in [0.1, 0.15) is 21.9 Å². The van der Waals surface area contributed by atoms with E-state index in [0.717, 1.165) is 22.5 Å². The molecular weight excluding hydrogens is 520 g/mol. The molecule has 6 rings (SSSR count). The number of thiazole rings is 1. The normalized spacial score (nSPS) is 20.2. The van der Waals surface area contributed by atoms with Crippen LogP contribution in [0, 0.1) is 12.8 Å². The zero-order chi connectivity index (χ0) is 26.4. The number of carbonyl (C=O) groups excluding carboxylic acids is 3. The number of anilines is 2. The second-order valence-corrected chi connectivity index (χ2v) is 11.3. The van der Waals surface area contributed by atoms with Crippen LogP contribution in [0.3, 0.4) is 0 Å². The van der Waals surface area contributed by atoms with E-state index in [2.05, 4.69) is 10.3 Å². The Balaban J connectivity index is 1.40. The minimum atomic E-state index is -0.736. The molecule has 2 aliphatic heterocycles. The van der Waals surface area contributed by atoms with E-state index in [0.29, 0.717) is 21.3 Å². The first-order valence-corrected chi connectivity index (χ1v) is 13.7. The highest BCUT2D eigenvalue weighted by Crippen LogP contribution is 2.53. The summed E-state index contributed by atoms with van der Waals surface area (Å²) in [6, 6.07) is 19.9. The molecule has 1 N–H and O–H groups in total. The van der Waals surface area contributed by atoms with E-state index in [1.165, 1.54) is 21.2 Å². The number of imide groups is 1. The lowest BCUT2D eigenvalue weighted by Gasteiger charge is -2.30. The zero-order valence-electron chi connectivity index (χ0n) is 20.2. The van der Waals surface area contributed by atoms with E-state index < -0.39 is 17.1 Å². The van der Waals surface area contributed by atoms with E-state index in [1.54, 1.807) is 48.8 Å². The van der Waals surface area contributed by atoms with Gasteiger partial charge in [-0.2, -0.15) is 0 Å². The third-order valence-electron chi connectivity index (χ3n) is 6.71. The van der Waals surface area contributed by atoms with E-state index in [-0.39, 0.29) is 29.1 Å². The van der Waals surface area contributed by atoms with Gasteiger partial charge < -0.3 is 5.32 Å². The first kappa shape index (κ1) is 24.3. The van der Waals surface area contributed by atoms with Gasteiger partial charge in [-0.15, -0.1) is 0 Å². The standard InChI is InChI=1S/C28H22N4O4S2/c1-16-7-5-9-18(13-16)30-20(33)15-31-27-24(38-28(31)36)21(17-8-6-12-29-14-17)22-23(37-27)26(35)32(25(22)34)19-10-3-2-4-11-19/h2-14,21-23H,15H2,1H3,(H,30,33)/t21-,22-,23+/m0/s1. The van der Waals surface area contributed by atoms with Gasteiger partial charge in [-0.3, -0.25) is 28.7 Å². The first-order chi connectivity index (χ1) is 18.4. The molecule has 3 atom stereocenters. The number of aryl methyl sites for hydroxylation is 1. The molecule has 0 unspecified atom stereocenters. The fourth-order valence-corrected chi connectivity index (χ4v) is 7.85. The number of nitrogens with zero attached hydrogens (tertiary/aromatic N) is 3. The number of amides is 3. The Labute approximate surface area is 226 Å². The van der Waals surface area contributed by atoms with Gasteiger partial charge in [-0.1, -0.05) is 59.5 Å². The van der Waals surface area contributed by atoms with Gasteiger partial charge >= 0.3 is 4.87 Å². The summed E-state index contributed by atoms with van der Waals surface area (Å²) in [5.41, 5.74) is 2.91. The molecule has 1 fully saturated rings. The van der Waals surface area contributed by atoms with Crippen molar-refractivity contribution in [2.75, 3.05) is 10.2 Å². The summed E-state index contributed by atoms with van der Waals surface area (Å²) in [7, 11) is 0. The predicted octanol–water partition coefficient (Wildman–Crippen LogP) is 4.05. The quantitative estimate of drug-likeness (QED) is 0.382. The van der Waals surface area contributed by atoms with Crippen molar-refractivity contribution in [1.82, 2.24) is 9.55 Å². The minimum Gasteiger partial charge on any atom is -0.325 e. The number of aromatic nitrogens is 2. The Morgan fingerprint density at radius 1 is 1.00 bits per heavy atom. The number of fused-ring (bicyclic) bond motifs is 2. The highest BCUT2D eigenvalue weighted by Gasteiger charge is 2.56. The monoisotopic (exact) mass is 542 g/mol. The summed E-state index contributed by atoms with van der Waals surface area (Å²) in [4.78, 5) is 59.4. The van der Waals surface area contributed by atoms with Crippen LogP contribution in [-0.2, 0) is 20.9 Å². The highest BCUT2D eigenvalue weighted by molar-refractivity contribution is 8.00. The van der Waals surface area contributed by atoms with Gasteiger partial charge in [0.05, 0.1) is 16.6 Å². The summed E-state index contributed by atoms with van der Waals surface area (Å²) in [5, 5.41) is 2.66. The van der Waals surface area contributed by atoms with Crippen LogP contribution in [0.5, 0.6) is 0 Å². The molecule has 0 radical (unpaired) electrons. The molecule has 38 heavy (non-hydrogen) atoms. The number of carbonyl (C=O) groups is 3. The maximum atomic E-state index is 13.8. The molecule has 10 heteroatoms. The molecule has 2 aromatic carbocycles. The Hall–Kier alpha value is -4.02. The Morgan fingerprint density at radius 3 is 2.55 bits per heavy atom. The number of hydrogen-bond donors (Lipinski definition) is 1. The summed E-state index contributed by atoms with van der Waals surface area (Å²) in [6.45, 7) is 1.73. The van der Waals surface area contributed by atoms with Crippen LogP contribution in [0.4, 0.5) is 11.4 Å². The molecule has 190 valence electrons. The van der Waals surface area contributed by atoms with Crippen molar-refractivity contribution in [1.29, 1.82) is 0 Å². The number of nitrogens with one attached hydrogen (secondary N) is 1. The first-order valence-electron chi connectivity index (χ1n) is 12.0. The highest BCUT2D eigenvalue weighted by atomic mass is 32.2. The number of rotatable bonds is 5. The van der Waals surface area contributed by atoms with Gasteiger partial charge in [-0.05, 0) is 48.4 Å². The van der Waals surface area contributed by atoms with Crippen LogP contribution in [0.25, 0.3) is 0 Å². The third-order valence-corrected chi connectivity index (χ3v) is 9.31. The lowest BCUT2D eigenvalue weighted by Crippen LogP contribution is -2.33. The van der Waals surface area contributed by atoms with Crippen LogP contribution < -0.4 is 15.1 Å². The number of thioether (sulfide) groups is 1. The fourth-order valence-electron chi connectivity index (χ4n) is 5.07. The van der Waals surface area contributed by atoms with Crippen LogP contribution in [0.15, 0.2) is 88.9 Å². The molecule has 4 aromatic rings. The zero-order valence-corrected chi connectivity index (χ0v) is 21.9. The third kappa shape index (κ3) is 4.15. The largest absolute Gasteiger partial charge is 0.325 e. The molecular formula is C28H22N4O4S2. The van der Waals surface area contributed by atoms with Crippen molar-refractivity contribution in [3.63, 3.8) is 0 Å². The molecule has 0 spiro atoms. The fraction of sp³-hybridized carbons (Fsp3) is 0.179. The molecule has 0 bridgehead atoms.